The third-order valence-corrected chi connectivity index (χ3v) is 5.11. The van der Waals surface area contributed by atoms with Crippen molar-refractivity contribution in [3.05, 3.63) is 24.0 Å². The van der Waals surface area contributed by atoms with E-state index < -0.39 is 12.6 Å². The van der Waals surface area contributed by atoms with Crippen molar-refractivity contribution in [2.24, 2.45) is 0 Å². The van der Waals surface area contributed by atoms with Crippen LogP contribution in [0.4, 0.5) is 19.1 Å². The van der Waals surface area contributed by atoms with Crippen LogP contribution in [0.2, 0.25) is 0 Å². The maximum absolute atomic E-state index is 12.5. The Labute approximate surface area is 159 Å². The highest BCUT2D eigenvalue weighted by Crippen LogP contribution is 2.31. The van der Waals surface area contributed by atoms with E-state index in [0.717, 1.165) is 18.2 Å². The molecule has 3 aromatic rings. The second-order valence-electron chi connectivity index (χ2n) is 7.04. The van der Waals surface area contributed by atoms with Crippen molar-refractivity contribution in [3.63, 3.8) is 0 Å². The van der Waals surface area contributed by atoms with Crippen molar-refractivity contribution in [3.8, 4) is 5.75 Å². The molecule has 4 rings (SSSR count). The average Bonchev–Trinajstić information content (AvgIpc) is 3.12. The summed E-state index contributed by atoms with van der Waals surface area (Å²) in [5, 5.41) is 5.27. The van der Waals surface area contributed by atoms with Crippen molar-refractivity contribution in [1.82, 2.24) is 24.5 Å². The molecule has 0 radical (unpaired) electrons. The number of hydrogen-bond acceptors (Lipinski definition) is 6. The van der Waals surface area contributed by atoms with E-state index in [0.29, 0.717) is 35.8 Å². The molecule has 150 valence electrons. The molecule has 7 nitrogen and oxygen atoms in total. The molecule has 1 aliphatic heterocycles. The number of methoxy groups -OCH3 is 1. The van der Waals surface area contributed by atoms with Crippen LogP contribution < -0.4 is 10.5 Å². The number of ether oxygens (including phenoxy) is 1. The predicted octanol–water partition coefficient (Wildman–Crippen LogP) is 3.00. The van der Waals surface area contributed by atoms with Crippen LogP contribution in [0.25, 0.3) is 16.6 Å². The van der Waals surface area contributed by atoms with Crippen LogP contribution in [0.3, 0.4) is 0 Å². The fourth-order valence-corrected chi connectivity index (χ4v) is 3.73. The van der Waals surface area contributed by atoms with Gasteiger partial charge >= 0.3 is 6.18 Å². The first-order chi connectivity index (χ1) is 13.4. The molecule has 3 heterocycles. The number of nitrogens with zero attached hydrogens (tertiary/aromatic N) is 5. The largest absolute Gasteiger partial charge is 0.494 e. The van der Waals surface area contributed by atoms with E-state index >= 15 is 0 Å². The number of halogens is 3. The number of aromatic nitrogens is 4. The van der Waals surface area contributed by atoms with E-state index in [-0.39, 0.29) is 18.4 Å². The van der Waals surface area contributed by atoms with Gasteiger partial charge in [-0.3, -0.25) is 0 Å². The Morgan fingerprint density at radius 2 is 2.11 bits per heavy atom. The zero-order valence-electron chi connectivity index (χ0n) is 15.4. The second-order valence-corrected chi connectivity index (χ2v) is 7.04. The van der Waals surface area contributed by atoms with Gasteiger partial charge in [-0.05, 0) is 31.5 Å². The van der Waals surface area contributed by atoms with E-state index in [9.17, 15) is 13.2 Å². The highest BCUT2D eigenvalue weighted by atomic mass is 19.4. The lowest BCUT2D eigenvalue weighted by atomic mass is 9.97. The van der Waals surface area contributed by atoms with Crippen LogP contribution >= 0.6 is 0 Å². The van der Waals surface area contributed by atoms with Crippen molar-refractivity contribution in [2.45, 2.75) is 31.4 Å². The summed E-state index contributed by atoms with van der Waals surface area (Å²) in [6.07, 6.45) is -3.32. The standard InChI is InChI=1S/C18H21F3N6O/c1-28-13-6-2-5-12-14(13)23-17(22)27-16(12)24-15(25-27)11-4-3-8-26(10-11)9-7-18(19,20)21/h2,5-6,11H,3-4,7-10H2,1H3,(H2,22,23). The summed E-state index contributed by atoms with van der Waals surface area (Å²) in [6, 6.07) is 5.50. The maximum Gasteiger partial charge on any atom is 0.390 e. The van der Waals surface area contributed by atoms with Crippen molar-refractivity contribution in [1.29, 1.82) is 0 Å². The molecule has 0 aliphatic carbocycles. The number of rotatable bonds is 4. The molecule has 0 amide bonds. The molecule has 1 aromatic carbocycles. The van der Waals surface area contributed by atoms with Crippen LogP contribution in [-0.4, -0.2) is 57.4 Å². The minimum Gasteiger partial charge on any atom is -0.494 e. The summed E-state index contributed by atoms with van der Waals surface area (Å²) < 4.78 is 44.5. The van der Waals surface area contributed by atoms with Gasteiger partial charge in [-0.2, -0.15) is 17.7 Å². The zero-order chi connectivity index (χ0) is 19.9. The Balaban J connectivity index is 1.66. The zero-order valence-corrected chi connectivity index (χ0v) is 15.4. The van der Waals surface area contributed by atoms with Crippen LogP contribution in [-0.2, 0) is 0 Å². The number of benzene rings is 1. The van der Waals surface area contributed by atoms with E-state index in [4.69, 9.17) is 10.5 Å². The first kappa shape index (κ1) is 18.7. The number of hydrogen-bond donors (Lipinski definition) is 1. The molecule has 10 heteroatoms. The van der Waals surface area contributed by atoms with Crippen LogP contribution in [0.15, 0.2) is 18.2 Å². The van der Waals surface area contributed by atoms with E-state index in [1.54, 1.807) is 13.2 Å². The Morgan fingerprint density at radius 3 is 2.86 bits per heavy atom. The van der Waals surface area contributed by atoms with E-state index in [1.807, 2.05) is 17.0 Å². The van der Waals surface area contributed by atoms with Gasteiger partial charge in [0.25, 0.3) is 0 Å². The number of nitrogen functional groups attached to an aromatic ring is 1. The molecule has 1 unspecified atom stereocenters. The Morgan fingerprint density at radius 1 is 1.29 bits per heavy atom. The van der Waals surface area contributed by atoms with Gasteiger partial charge < -0.3 is 15.4 Å². The fraction of sp³-hybridized carbons (Fsp3) is 0.500. The lowest BCUT2D eigenvalue weighted by molar-refractivity contribution is -0.138. The molecule has 1 fully saturated rings. The normalized spacial score (nSPS) is 18.8. The van der Waals surface area contributed by atoms with Gasteiger partial charge in [0.1, 0.15) is 11.3 Å². The summed E-state index contributed by atoms with van der Waals surface area (Å²) in [7, 11) is 1.56. The highest BCUT2D eigenvalue weighted by Gasteiger charge is 2.31. The Kier molecular flexibility index (Phi) is 4.74. The summed E-state index contributed by atoms with van der Waals surface area (Å²) >= 11 is 0. The minimum absolute atomic E-state index is 0.00278. The number of piperidine rings is 1. The van der Waals surface area contributed by atoms with Gasteiger partial charge in [-0.1, -0.05) is 6.07 Å². The molecular weight excluding hydrogens is 373 g/mol. The second kappa shape index (κ2) is 7.08. The molecule has 1 saturated heterocycles. The third-order valence-electron chi connectivity index (χ3n) is 5.11. The van der Waals surface area contributed by atoms with Gasteiger partial charge in [0.15, 0.2) is 11.5 Å². The molecule has 2 aromatic heterocycles. The summed E-state index contributed by atoms with van der Waals surface area (Å²) in [4.78, 5) is 10.9. The van der Waals surface area contributed by atoms with Crippen LogP contribution in [0, 0.1) is 0 Å². The molecule has 1 atom stereocenters. The molecule has 28 heavy (non-hydrogen) atoms. The van der Waals surface area contributed by atoms with Gasteiger partial charge in [0, 0.05) is 24.4 Å². The Hall–Kier alpha value is -2.62. The minimum atomic E-state index is -4.15. The van der Waals surface area contributed by atoms with E-state index in [2.05, 4.69) is 15.1 Å². The third kappa shape index (κ3) is 3.56. The monoisotopic (exact) mass is 394 g/mol. The summed E-state index contributed by atoms with van der Waals surface area (Å²) in [6.45, 7) is 1.16. The smallest absolute Gasteiger partial charge is 0.390 e. The first-order valence-corrected chi connectivity index (χ1v) is 9.13. The average molecular weight is 394 g/mol. The van der Waals surface area contributed by atoms with Gasteiger partial charge in [0.05, 0.1) is 13.5 Å². The Bertz CT molecular complexity index is 1000. The number of anilines is 1. The number of nitrogens with two attached hydrogens (primary N) is 1. The topological polar surface area (TPSA) is 81.6 Å². The number of fused-ring (bicyclic) bond motifs is 3. The summed E-state index contributed by atoms with van der Waals surface area (Å²) in [5.74, 6) is 1.32. The molecular formula is C18H21F3N6O. The molecule has 1 aliphatic rings. The van der Waals surface area contributed by atoms with Crippen molar-refractivity contribution in [2.75, 3.05) is 32.5 Å². The number of likely N-dealkylation sites (tertiary alicyclic amines) is 1. The predicted molar refractivity (Wildman–Crippen MR) is 98.3 cm³/mol. The van der Waals surface area contributed by atoms with Gasteiger partial charge in [0.2, 0.25) is 5.95 Å². The SMILES string of the molecule is COc1cccc2c1nc(N)n1nc(C3CCCN(CCC(F)(F)F)C3)nc21. The maximum atomic E-state index is 12.5. The summed E-state index contributed by atoms with van der Waals surface area (Å²) in [5.41, 5.74) is 7.24. The molecule has 2 N–H and O–H groups in total. The number of alkyl halides is 3. The quantitative estimate of drug-likeness (QED) is 0.733. The lowest BCUT2D eigenvalue weighted by Crippen LogP contribution is -2.37. The van der Waals surface area contributed by atoms with Gasteiger partial charge in [-0.25, -0.2) is 9.97 Å². The van der Waals surface area contributed by atoms with Crippen LogP contribution in [0.5, 0.6) is 5.75 Å². The fourth-order valence-electron chi connectivity index (χ4n) is 3.73. The van der Waals surface area contributed by atoms with Crippen molar-refractivity contribution >= 4 is 22.5 Å². The first-order valence-electron chi connectivity index (χ1n) is 9.13. The van der Waals surface area contributed by atoms with Crippen LogP contribution in [0.1, 0.15) is 31.0 Å². The molecule has 0 spiro atoms. The van der Waals surface area contributed by atoms with Gasteiger partial charge in [-0.15, -0.1) is 5.10 Å². The lowest BCUT2D eigenvalue weighted by Gasteiger charge is -2.31. The van der Waals surface area contributed by atoms with Crippen molar-refractivity contribution < 1.29 is 17.9 Å². The molecule has 0 bridgehead atoms. The highest BCUT2D eigenvalue weighted by molar-refractivity contribution is 5.95. The van der Waals surface area contributed by atoms with E-state index in [1.165, 1.54) is 4.52 Å². The number of para-hydroxylation sites is 1. The molecule has 0 saturated carbocycles.